The predicted molar refractivity (Wildman–Crippen MR) is 90.5 cm³/mol. The maximum atomic E-state index is 12.3. The van der Waals surface area contributed by atoms with Gasteiger partial charge in [0.2, 0.25) is 5.91 Å². The summed E-state index contributed by atoms with van der Waals surface area (Å²) in [5.74, 6) is 0.0761. The summed E-state index contributed by atoms with van der Waals surface area (Å²) in [4.78, 5) is 16.5. The van der Waals surface area contributed by atoms with Crippen molar-refractivity contribution in [2.24, 2.45) is 0 Å². The second-order valence-electron chi connectivity index (χ2n) is 5.64. The van der Waals surface area contributed by atoms with E-state index >= 15 is 0 Å². The Labute approximate surface area is 145 Å². The zero-order chi connectivity index (χ0) is 16.2. The van der Waals surface area contributed by atoms with Crippen LogP contribution in [0.4, 0.5) is 0 Å². The lowest BCUT2D eigenvalue weighted by Crippen LogP contribution is -2.49. The van der Waals surface area contributed by atoms with Crippen molar-refractivity contribution in [3.8, 4) is 0 Å². The third-order valence-corrected chi connectivity index (χ3v) is 4.35. The molecule has 122 valence electrons. The second kappa shape index (κ2) is 7.34. The molecule has 1 aromatic heterocycles. The molecular formula is C16H18Cl2N4O. The molecule has 1 saturated heterocycles. The Kier molecular flexibility index (Phi) is 5.20. The van der Waals surface area contributed by atoms with Crippen molar-refractivity contribution >= 4 is 29.1 Å². The highest BCUT2D eigenvalue weighted by molar-refractivity contribution is 6.30. The van der Waals surface area contributed by atoms with Crippen LogP contribution in [0, 0.1) is 0 Å². The van der Waals surface area contributed by atoms with Gasteiger partial charge in [-0.15, -0.1) is 0 Å². The highest BCUT2D eigenvalue weighted by Gasteiger charge is 2.21. The van der Waals surface area contributed by atoms with E-state index in [0.717, 1.165) is 37.7 Å². The number of carbonyl (C=O) groups is 1. The first-order valence-corrected chi connectivity index (χ1v) is 8.28. The second-order valence-corrected chi connectivity index (χ2v) is 6.52. The van der Waals surface area contributed by atoms with Crippen LogP contribution >= 0.6 is 23.2 Å². The first-order valence-electron chi connectivity index (χ1n) is 7.53. The summed E-state index contributed by atoms with van der Waals surface area (Å²) in [6.07, 6.45) is 3.20. The minimum Gasteiger partial charge on any atom is -0.339 e. The summed E-state index contributed by atoms with van der Waals surface area (Å²) in [5.41, 5.74) is 1.20. The van der Waals surface area contributed by atoms with Gasteiger partial charge in [0.05, 0.1) is 11.2 Å². The lowest BCUT2D eigenvalue weighted by molar-refractivity contribution is -0.133. The van der Waals surface area contributed by atoms with Gasteiger partial charge in [0.1, 0.15) is 6.54 Å². The maximum Gasteiger partial charge on any atom is 0.244 e. The van der Waals surface area contributed by atoms with Crippen molar-refractivity contribution in [1.82, 2.24) is 19.6 Å². The van der Waals surface area contributed by atoms with Crippen molar-refractivity contribution in [3.05, 3.63) is 52.3 Å². The van der Waals surface area contributed by atoms with Crippen LogP contribution in [-0.4, -0.2) is 51.7 Å². The Hall–Kier alpha value is -1.56. The molecule has 1 aromatic carbocycles. The monoisotopic (exact) mass is 352 g/mol. The molecule has 0 N–H and O–H groups in total. The molecule has 1 aliphatic rings. The van der Waals surface area contributed by atoms with Crippen molar-refractivity contribution in [2.75, 3.05) is 26.2 Å². The molecule has 3 rings (SSSR count). The minimum absolute atomic E-state index is 0.0761. The predicted octanol–water partition coefficient (Wildman–Crippen LogP) is 2.53. The quantitative estimate of drug-likeness (QED) is 0.848. The molecule has 5 nitrogen and oxygen atoms in total. The number of hydrogen-bond donors (Lipinski definition) is 0. The highest BCUT2D eigenvalue weighted by Crippen LogP contribution is 2.14. The Morgan fingerprint density at radius 2 is 1.91 bits per heavy atom. The number of rotatable bonds is 4. The third kappa shape index (κ3) is 4.47. The van der Waals surface area contributed by atoms with Crippen LogP contribution in [0.5, 0.6) is 0 Å². The molecule has 2 heterocycles. The van der Waals surface area contributed by atoms with Gasteiger partial charge >= 0.3 is 0 Å². The molecule has 0 saturated carbocycles. The molecule has 0 spiro atoms. The summed E-state index contributed by atoms with van der Waals surface area (Å²) >= 11 is 11.8. The van der Waals surface area contributed by atoms with Gasteiger partial charge in [-0.3, -0.25) is 14.4 Å². The van der Waals surface area contributed by atoms with Gasteiger partial charge in [-0.05, 0) is 17.7 Å². The molecule has 1 fully saturated rings. The fraction of sp³-hybridized carbons (Fsp3) is 0.375. The van der Waals surface area contributed by atoms with E-state index in [1.807, 2.05) is 23.1 Å². The molecule has 0 atom stereocenters. The van der Waals surface area contributed by atoms with Crippen molar-refractivity contribution < 1.29 is 4.79 Å². The molecule has 1 amide bonds. The molecule has 2 aromatic rings. The van der Waals surface area contributed by atoms with Gasteiger partial charge in [-0.1, -0.05) is 35.3 Å². The van der Waals surface area contributed by atoms with Crippen LogP contribution in [0.15, 0.2) is 36.7 Å². The molecule has 0 bridgehead atoms. The summed E-state index contributed by atoms with van der Waals surface area (Å²) in [6, 6.07) is 7.90. The van der Waals surface area contributed by atoms with Crippen molar-refractivity contribution in [3.63, 3.8) is 0 Å². The van der Waals surface area contributed by atoms with E-state index in [1.165, 1.54) is 11.8 Å². The lowest BCUT2D eigenvalue weighted by Gasteiger charge is -2.34. The van der Waals surface area contributed by atoms with E-state index in [2.05, 4.69) is 16.1 Å². The summed E-state index contributed by atoms with van der Waals surface area (Å²) < 4.78 is 1.57. The zero-order valence-electron chi connectivity index (χ0n) is 12.7. The molecule has 1 aliphatic heterocycles. The Balaban J connectivity index is 1.49. The van der Waals surface area contributed by atoms with Crippen LogP contribution in [0.1, 0.15) is 5.56 Å². The zero-order valence-corrected chi connectivity index (χ0v) is 14.2. The Bertz CT molecular complexity index is 680. The van der Waals surface area contributed by atoms with Crippen LogP contribution in [-0.2, 0) is 17.9 Å². The SMILES string of the molecule is O=C(Cn1cc(Cl)cn1)N1CCN(Cc2cccc(Cl)c2)CC1. The fourth-order valence-electron chi connectivity index (χ4n) is 2.71. The minimum atomic E-state index is 0.0761. The number of amides is 1. The smallest absolute Gasteiger partial charge is 0.244 e. The van der Waals surface area contributed by atoms with Crippen molar-refractivity contribution in [1.29, 1.82) is 0 Å². The van der Waals surface area contributed by atoms with Crippen molar-refractivity contribution in [2.45, 2.75) is 13.1 Å². The van der Waals surface area contributed by atoms with Gasteiger partial charge in [0.15, 0.2) is 0 Å². The van der Waals surface area contributed by atoms with Gasteiger partial charge in [-0.25, -0.2) is 0 Å². The van der Waals surface area contributed by atoms with Crippen LogP contribution in [0.25, 0.3) is 0 Å². The van der Waals surface area contributed by atoms with Crippen LogP contribution in [0.3, 0.4) is 0 Å². The number of halogens is 2. The Morgan fingerprint density at radius 3 is 2.57 bits per heavy atom. The number of hydrogen-bond acceptors (Lipinski definition) is 3. The number of nitrogens with zero attached hydrogens (tertiary/aromatic N) is 4. The van der Waals surface area contributed by atoms with Gasteiger partial charge in [-0.2, -0.15) is 5.10 Å². The molecule has 0 radical (unpaired) electrons. The van der Waals surface area contributed by atoms with E-state index in [1.54, 1.807) is 10.9 Å². The molecule has 23 heavy (non-hydrogen) atoms. The van der Waals surface area contributed by atoms with E-state index in [4.69, 9.17) is 23.2 Å². The summed E-state index contributed by atoms with van der Waals surface area (Å²) in [7, 11) is 0. The lowest BCUT2D eigenvalue weighted by atomic mass is 10.2. The average molecular weight is 353 g/mol. The van der Waals surface area contributed by atoms with E-state index < -0.39 is 0 Å². The first kappa shape index (κ1) is 16.3. The van der Waals surface area contributed by atoms with Crippen LogP contribution in [0.2, 0.25) is 10.0 Å². The topological polar surface area (TPSA) is 41.4 Å². The third-order valence-electron chi connectivity index (χ3n) is 3.92. The average Bonchev–Trinajstić information content (AvgIpc) is 2.93. The molecule has 7 heteroatoms. The fourth-order valence-corrected chi connectivity index (χ4v) is 3.08. The maximum absolute atomic E-state index is 12.3. The van der Waals surface area contributed by atoms with E-state index in [9.17, 15) is 4.79 Å². The van der Waals surface area contributed by atoms with E-state index in [-0.39, 0.29) is 12.5 Å². The molecule has 0 unspecified atom stereocenters. The van der Waals surface area contributed by atoms with Crippen LogP contribution < -0.4 is 0 Å². The van der Waals surface area contributed by atoms with Gasteiger partial charge < -0.3 is 4.90 Å². The summed E-state index contributed by atoms with van der Waals surface area (Å²) in [5, 5.41) is 5.35. The van der Waals surface area contributed by atoms with Gasteiger partial charge in [0, 0.05) is 43.9 Å². The highest BCUT2D eigenvalue weighted by atomic mass is 35.5. The Morgan fingerprint density at radius 1 is 1.13 bits per heavy atom. The largest absolute Gasteiger partial charge is 0.339 e. The molecular weight excluding hydrogens is 335 g/mol. The number of piperazine rings is 1. The number of benzene rings is 1. The normalized spacial score (nSPS) is 15.8. The van der Waals surface area contributed by atoms with Gasteiger partial charge in [0.25, 0.3) is 0 Å². The summed E-state index contributed by atoms with van der Waals surface area (Å²) in [6.45, 7) is 4.28. The number of carbonyl (C=O) groups excluding carboxylic acids is 1. The first-order chi connectivity index (χ1) is 11.1. The number of aromatic nitrogens is 2. The van der Waals surface area contributed by atoms with E-state index in [0.29, 0.717) is 5.02 Å². The molecule has 0 aliphatic carbocycles. The standard InChI is InChI=1S/C16H18Cl2N4O/c17-14-3-1-2-13(8-14)10-20-4-6-21(7-5-20)16(23)12-22-11-15(18)9-19-22/h1-3,8-9,11H,4-7,10,12H2.